The van der Waals surface area contributed by atoms with Gasteiger partial charge >= 0.3 is 5.69 Å². The molecule has 1 aromatic carbocycles. The molecule has 0 radical (unpaired) electrons. The Hall–Kier alpha value is -3.86. The predicted molar refractivity (Wildman–Crippen MR) is 145 cm³/mol. The summed E-state index contributed by atoms with van der Waals surface area (Å²) in [6.45, 7) is 0. The zero-order valence-electron chi connectivity index (χ0n) is 23.1. The average Bonchev–Trinajstić information content (AvgIpc) is 3.68. The number of carbonyl (C=O) groups is 2. The number of hydrogen-bond donors (Lipinski definition) is 4. The van der Waals surface area contributed by atoms with E-state index in [1.54, 1.807) is 24.3 Å². The molecule has 3 fully saturated rings. The number of ether oxygens (including phenoxy) is 6. The maximum Gasteiger partial charge on any atom is 0.330 e. The summed E-state index contributed by atoms with van der Waals surface area (Å²) in [4.78, 5) is 52.1. The van der Waals surface area contributed by atoms with Crippen molar-refractivity contribution < 1.29 is 43.1 Å². The molecule has 15 nitrogen and oxygen atoms in total. The van der Waals surface area contributed by atoms with Gasteiger partial charge in [-0.25, -0.2) is 4.79 Å². The van der Waals surface area contributed by atoms with Crippen molar-refractivity contribution in [2.45, 2.75) is 80.6 Å². The SMILES string of the molecule is CO[C@@H]1C(C(O[C@H]2OC(C(=O)Nc3ccccc3)=C[C@@H]3OC4(CCCC4)O[C@H]23)C(N)=O)O[C@@H](n2ccc(=O)[nH]c2=O)C1O. The lowest BCUT2D eigenvalue weighted by atomic mass is 10.0. The second kappa shape index (κ2) is 11.7. The summed E-state index contributed by atoms with van der Waals surface area (Å²) in [7, 11) is 1.28. The van der Waals surface area contributed by atoms with Crippen LogP contribution in [0.1, 0.15) is 31.9 Å². The number of anilines is 1. The molecular formula is C28H32N4O11. The second-order valence-corrected chi connectivity index (χ2v) is 10.8. The van der Waals surface area contributed by atoms with E-state index in [0.29, 0.717) is 18.5 Å². The summed E-state index contributed by atoms with van der Waals surface area (Å²) in [5, 5.41) is 13.7. The number of amides is 2. The Kier molecular flexibility index (Phi) is 7.93. The van der Waals surface area contributed by atoms with Crippen molar-refractivity contribution in [2.24, 2.45) is 5.73 Å². The zero-order chi connectivity index (χ0) is 30.3. The molecule has 2 amide bonds. The highest BCUT2D eigenvalue weighted by atomic mass is 16.8. The van der Waals surface area contributed by atoms with Gasteiger partial charge in [0, 0.05) is 37.9 Å². The highest BCUT2D eigenvalue weighted by Gasteiger charge is 2.57. The predicted octanol–water partition coefficient (Wildman–Crippen LogP) is -0.386. The lowest BCUT2D eigenvalue weighted by Gasteiger charge is -2.35. The van der Waals surface area contributed by atoms with E-state index in [-0.39, 0.29) is 5.76 Å². The number of carbonyl (C=O) groups excluding carboxylic acids is 2. The van der Waals surface area contributed by atoms with Gasteiger partial charge in [0.25, 0.3) is 11.5 Å². The van der Waals surface area contributed by atoms with Gasteiger partial charge in [-0.15, -0.1) is 0 Å². The van der Waals surface area contributed by atoms with Crippen LogP contribution < -0.4 is 22.3 Å². The molecule has 43 heavy (non-hydrogen) atoms. The van der Waals surface area contributed by atoms with Crippen LogP contribution in [-0.2, 0) is 38.0 Å². The molecule has 230 valence electrons. The maximum absolute atomic E-state index is 13.2. The van der Waals surface area contributed by atoms with Crippen LogP contribution in [0.4, 0.5) is 5.69 Å². The summed E-state index contributed by atoms with van der Waals surface area (Å²) in [5.41, 5.74) is 4.80. The number of rotatable bonds is 8. The average molecular weight is 601 g/mol. The van der Waals surface area contributed by atoms with E-state index in [0.717, 1.165) is 29.7 Å². The van der Waals surface area contributed by atoms with Crippen molar-refractivity contribution in [1.29, 1.82) is 0 Å². The van der Waals surface area contributed by atoms with Gasteiger partial charge in [0.2, 0.25) is 12.2 Å². The van der Waals surface area contributed by atoms with Crippen LogP contribution >= 0.6 is 0 Å². The fraction of sp³-hybridized carbons (Fsp3) is 0.500. The number of para-hydroxylation sites is 1. The van der Waals surface area contributed by atoms with Gasteiger partial charge < -0.3 is 44.6 Å². The van der Waals surface area contributed by atoms with E-state index < -0.39 is 78.0 Å². The molecule has 2 saturated heterocycles. The van der Waals surface area contributed by atoms with Crippen molar-refractivity contribution >= 4 is 17.5 Å². The van der Waals surface area contributed by atoms with Crippen LogP contribution in [0.5, 0.6) is 0 Å². The summed E-state index contributed by atoms with van der Waals surface area (Å²) in [5.74, 6) is -2.58. The third-order valence-electron chi connectivity index (χ3n) is 7.98. The van der Waals surface area contributed by atoms with Crippen LogP contribution in [0.3, 0.4) is 0 Å². The lowest BCUT2D eigenvalue weighted by Crippen LogP contribution is -2.53. The maximum atomic E-state index is 13.2. The monoisotopic (exact) mass is 600 g/mol. The number of H-pyrrole nitrogens is 1. The van der Waals surface area contributed by atoms with Gasteiger partial charge in [0.05, 0.1) is 0 Å². The number of nitrogens with two attached hydrogens (primary N) is 1. The third kappa shape index (κ3) is 5.62. The number of aromatic amines is 1. The summed E-state index contributed by atoms with van der Waals surface area (Å²) >= 11 is 0. The largest absolute Gasteiger partial charge is 0.456 e. The first-order valence-corrected chi connectivity index (χ1v) is 13.9. The summed E-state index contributed by atoms with van der Waals surface area (Å²) in [6.07, 6.45) is -4.26. The molecule has 1 aromatic heterocycles. The highest BCUT2D eigenvalue weighted by molar-refractivity contribution is 6.02. The second-order valence-electron chi connectivity index (χ2n) is 10.8. The Morgan fingerprint density at radius 1 is 1.16 bits per heavy atom. The van der Waals surface area contributed by atoms with Crippen molar-refractivity contribution in [3.63, 3.8) is 0 Å². The number of benzene rings is 1. The Morgan fingerprint density at radius 2 is 1.91 bits per heavy atom. The minimum absolute atomic E-state index is 0.120. The van der Waals surface area contributed by atoms with E-state index in [2.05, 4.69) is 10.3 Å². The minimum Gasteiger partial charge on any atom is -0.456 e. The third-order valence-corrected chi connectivity index (χ3v) is 7.98. The number of methoxy groups -OCH3 is 1. The van der Waals surface area contributed by atoms with Crippen LogP contribution in [-0.4, -0.2) is 82.3 Å². The number of hydrogen-bond acceptors (Lipinski definition) is 11. The van der Waals surface area contributed by atoms with Crippen LogP contribution in [0.15, 0.2) is 64.0 Å². The number of nitrogens with one attached hydrogen (secondary N) is 2. The van der Waals surface area contributed by atoms with Crippen molar-refractivity contribution in [1.82, 2.24) is 9.55 Å². The van der Waals surface area contributed by atoms with E-state index >= 15 is 0 Å². The molecule has 3 aliphatic heterocycles. The Bertz CT molecular complexity index is 1500. The molecular weight excluding hydrogens is 568 g/mol. The van der Waals surface area contributed by atoms with Crippen molar-refractivity contribution in [3.05, 3.63) is 75.3 Å². The Balaban J connectivity index is 1.28. The zero-order valence-corrected chi connectivity index (χ0v) is 23.1. The van der Waals surface area contributed by atoms with E-state index in [1.165, 1.54) is 13.2 Å². The first-order valence-electron chi connectivity index (χ1n) is 13.9. The quantitative estimate of drug-likeness (QED) is 0.307. The molecule has 4 aliphatic rings. The molecule has 8 atom stereocenters. The first kappa shape index (κ1) is 29.2. The molecule has 4 heterocycles. The van der Waals surface area contributed by atoms with Gasteiger partial charge in [-0.3, -0.25) is 23.9 Å². The summed E-state index contributed by atoms with van der Waals surface area (Å²) < 4.78 is 37.0. The Morgan fingerprint density at radius 3 is 2.58 bits per heavy atom. The summed E-state index contributed by atoms with van der Waals surface area (Å²) in [6, 6.07) is 9.83. The topological polar surface area (TPSA) is 203 Å². The Labute approximate surface area is 244 Å². The molecule has 1 spiro atoms. The number of nitrogens with zero attached hydrogens (tertiary/aromatic N) is 1. The molecule has 0 bridgehead atoms. The smallest absolute Gasteiger partial charge is 0.330 e. The molecule has 6 rings (SSSR count). The number of primary amides is 1. The normalized spacial score (nSPS) is 31.7. The first-order chi connectivity index (χ1) is 20.7. The number of aliphatic hydroxyl groups excluding tert-OH is 1. The van der Waals surface area contributed by atoms with E-state index in [9.17, 15) is 24.3 Å². The van der Waals surface area contributed by atoms with Gasteiger partial charge in [0.15, 0.2) is 30.0 Å². The number of aromatic nitrogens is 2. The van der Waals surface area contributed by atoms with Crippen molar-refractivity contribution in [3.8, 4) is 0 Å². The van der Waals surface area contributed by atoms with Crippen LogP contribution in [0.25, 0.3) is 0 Å². The van der Waals surface area contributed by atoms with Gasteiger partial charge in [-0.1, -0.05) is 18.2 Å². The van der Waals surface area contributed by atoms with Gasteiger partial charge in [0.1, 0.15) is 24.4 Å². The lowest BCUT2D eigenvalue weighted by molar-refractivity contribution is -0.244. The molecule has 5 N–H and O–H groups in total. The highest BCUT2D eigenvalue weighted by Crippen LogP contribution is 2.46. The van der Waals surface area contributed by atoms with Gasteiger partial charge in [-0.05, 0) is 31.1 Å². The van der Waals surface area contributed by atoms with E-state index in [1.807, 2.05) is 6.07 Å². The fourth-order valence-electron chi connectivity index (χ4n) is 5.98. The molecule has 15 heteroatoms. The molecule has 3 unspecified atom stereocenters. The minimum atomic E-state index is -1.60. The van der Waals surface area contributed by atoms with E-state index in [4.69, 9.17) is 34.2 Å². The van der Waals surface area contributed by atoms with Crippen LogP contribution in [0.2, 0.25) is 0 Å². The molecule has 1 aliphatic carbocycles. The molecule has 2 aromatic rings. The fourth-order valence-corrected chi connectivity index (χ4v) is 5.98. The van der Waals surface area contributed by atoms with Crippen LogP contribution in [0, 0.1) is 0 Å². The molecule has 1 saturated carbocycles. The number of aliphatic hydroxyl groups is 1. The van der Waals surface area contributed by atoms with Gasteiger partial charge in [-0.2, -0.15) is 0 Å². The van der Waals surface area contributed by atoms with Crippen molar-refractivity contribution in [2.75, 3.05) is 12.4 Å². The standard InChI is InChI=1S/C28H32N4O11/c1-38-20-18(34)25(32-12-9-17(33)31-27(32)37)40-21(20)22(23(29)35)41-26-19-15(42-28(43-19)10-5-6-11-28)13-16(39-26)24(36)30-14-7-3-2-4-8-14/h2-4,7-9,12-13,15,18-22,25-26,34H,5-6,10-11H2,1H3,(H2,29,35)(H,30,36)(H,31,33,37)/t15-,18?,19-,20-,21?,22?,25+,26+/m0/s1. The number of fused-ring (bicyclic) bond motifs is 1.